The second-order valence-electron chi connectivity index (χ2n) is 5.13. The molecule has 0 atom stereocenters. The number of carbonyl (C=O) groups excluding carboxylic acids is 1. The molecule has 0 aliphatic carbocycles. The van der Waals surface area contributed by atoms with Crippen LogP contribution in [0.5, 0.6) is 0 Å². The third-order valence-corrected chi connectivity index (χ3v) is 3.29. The predicted octanol–water partition coefficient (Wildman–Crippen LogP) is 2.67. The van der Waals surface area contributed by atoms with Crippen molar-refractivity contribution < 1.29 is 4.79 Å². The van der Waals surface area contributed by atoms with Crippen molar-refractivity contribution in [2.45, 2.75) is 39.5 Å². The van der Waals surface area contributed by atoms with Crippen LogP contribution in [0.2, 0.25) is 0 Å². The molecule has 0 radical (unpaired) electrons. The number of aromatic nitrogens is 4. The van der Waals surface area contributed by atoms with E-state index >= 15 is 0 Å². The van der Waals surface area contributed by atoms with Gasteiger partial charge in [0.1, 0.15) is 0 Å². The van der Waals surface area contributed by atoms with Crippen LogP contribution in [0.3, 0.4) is 0 Å². The summed E-state index contributed by atoms with van der Waals surface area (Å²) in [6.07, 6.45) is 4.54. The van der Waals surface area contributed by atoms with E-state index in [4.69, 9.17) is 0 Å². The molecular weight excluding hydrogens is 280 g/mol. The molecule has 2 amide bonds. The first-order chi connectivity index (χ1) is 10.7. The molecule has 118 valence electrons. The van der Waals surface area contributed by atoms with Crippen molar-refractivity contribution in [3.05, 3.63) is 30.1 Å². The third-order valence-electron chi connectivity index (χ3n) is 3.29. The van der Waals surface area contributed by atoms with Crippen molar-refractivity contribution in [3.8, 4) is 5.69 Å². The number of amides is 2. The van der Waals surface area contributed by atoms with Crippen LogP contribution in [-0.4, -0.2) is 32.8 Å². The Morgan fingerprint density at radius 3 is 2.86 bits per heavy atom. The van der Waals surface area contributed by atoms with Crippen LogP contribution >= 0.6 is 0 Å². The van der Waals surface area contributed by atoms with Crippen molar-refractivity contribution in [3.63, 3.8) is 0 Å². The second kappa shape index (κ2) is 8.11. The number of aryl methyl sites for hydroxylation is 1. The van der Waals surface area contributed by atoms with E-state index in [1.165, 1.54) is 12.8 Å². The first-order valence-electron chi connectivity index (χ1n) is 7.61. The molecule has 0 saturated heterocycles. The highest BCUT2D eigenvalue weighted by Crippen LogP contribution is 2.14. The molecule has 1 heterocycles. The average Bonchev–Trinajstić information content (AvgIpc) is 2.93. The van der Waals surface area contributed by atoms with Gasteiger partial charge >= 0.3 is 6.03 Å². The van der Waals surface area contributed by atoms with E-state index in [-0.39, 0.29) is 6.03 Å². The normalized spacial score (nSPS) is 10.5. The number of hydrogen-bond donors (Lipinski definition) is 2. The number of nitrogens with zero attached hydrogens (tertiary/aromatic N) is 4. The summed E-state index contributed by atoms with van der Waals surface area (Å²) in [5.41, 5.74) is 1.52. The molecule has 0 saturated carbocycles. The molecule has 2 N–H and O–H groups in total. The average molecular weight is 302 g/mol. The highest BCUT2D eigenvalue weighted by Gasteiger charge is 2.06. The summed E-state index contributed by atoms with van der Waals surface area (Å²) in [5, 5.41) is 17.1. The minimum absolute atomic E-state index is 0.193. The fourth-order valence-corrected chi connectivity index (χ4v) is 2.11. The first-order valence-corrected chi connectivity index (χ1v) is 7.61. The maximum Gasteiger partial charge on any atom is 0.319 e. The number of unbranched alkanes of at least 4 members (excludes halogenated alkanes) is 3. The summed E-state index contributed by atoms with van der Waals surface area (Å²) in [7, 11) is 0. The Morgan fingerprint density at radius 1 is 1.27 bits per heavy atom. The number of anilines is 1. The van der Waals surface area contributed by atoms with E-state index < -0.39 is 0 Å². The van der Waals surface area contributed by atoms with Gasteiger partial charge in [-0.15, -0.1) is 5.10 Å². The van der Waals surface area contributed by atoms with Gasteiger partial charge in [-0.2, -0.15) is 4.68 Å². The summed E-state index contributed by atoms with van der Waals surface area (Å²) in [5.74, 6) is 0.692. The molecule has 0 aliphatic heterocycles. The Bertz CT molecular complexity index is 610. The highest BCUT2D eigenvalue weighted by atomic mass is 16.2. The summed E-state index contributed by atoms with van der Waals surface area (Å²) in [6, 6.07) is 7.21. The molecule has 2 aromatic rings. The van der Waals surface area contributed by atoms with Gasteiger partial charge < -0.3 is 10.6 Å². The largest absolute Gasteiger partial charge is 0.338 e. The van der Waals surface area contributed by atoms with E-state index in [0.717, 1.165) is 18.5 Å². The molecule has 0 spiro atoms. The molecule has 1 aromatic heterocycles. The number of urea groups is 1. The molecule has 22 heavy (non-hydrogen) atoms. The van der Waals surface area contributed by atoms with Crippen LogP contribution in [0.4, 0.5) is 10.5 Å². The van der Waals surface area contributed by atoms with Crippen LogP contribution in [0.15, 0.2) is 24.3 Å². The standard InChI is InChI=1S/C15H22N6O/c1-3-4-5-6-10-16-15(22)17-13-8-7-9-14(11-13)21-12(2)18-19-20-21/h7-9,11H,3-6,10H2,1-2H3,(H2,16,17,22). The zero-order valence-electron chi connectivity index (χ0n) is 13.0. The van der Waals surface area contributed by atoms with Gasteiger partial charge in [0, 0.05) is 12.2 Å². The summed E-state index contributed by atoms with van der Waals surface area (Å²) in [6.45, 7) is 4.68. The quantitative estimate of drug-likeness (QED) is 0.770. The Hall–Kier alpha value is -2.44. The monoisotopic (exact) mass is 302 g/mol. The van der Waals surface area contributed by atoms with Gasteiger partial charge in [0.25, 0.3) is 0 Å². The molecule has 0 fully saturated rings. The minimum atomic E-state index is -0.193. The zero-order valence-corrected chi connectivity index (χ0v) is 13.0. The number of rotatable bonds is 7. The van der Waals surface area contributed by atoms with E-state index in [0.29, 0.717) is 18.1 Å². The van der Waals surface area contributed by atoms with Crippen LogP contribution in [0.25, 0.3) is 5.69 Å². The topological polar surface area (TPSA) is 84.7 Å². The maximum absolute atomic E-state index is 11.8. The zero-order chi connectivity index (χ0) is 15.8. The van der Waals surface area contributed by atoms with Crippen molar-refractivity contribution in [1.82, 2.24) is 25.5 Å². The van der Waals surface area contributed by atoms with Gasteiger partial charge in [-0.25, -0.2) is 4.79 Å². The Morgan fingerprint density at radius 2 is 2.14 bits per heavy atom. The summed E-state index contributed by atoms with van der Waals surface area (Å²) >= 11 is 0. The van der Waals surface area contributed by atoms with Crippen LogP contribution in [0.1, 0.15) is 38.4 Å². The van der Waals surface area contributed by atoms with E-state index in [1.54, 1.807) is 4.68 Å². The second-order valence-corrected chi connectivity index (χ2v) is 5.13. The number of carbonyl (C=O) groups is 1. The molecule has 0 aliphatic rings. The van der Waals surface area contributed by atoms with Crippen LogP contribution in [0, 0.1) is 6.92 Å². The van der Waals surface area contributed by atoms with Crippen molar-refractivity contribution in [1.29, 1.82) is 0 Å². The van der Waals surface area contributed by atoms with Crippen molar-refractivity contribution >= 4 is 11.7 Å². The lowest BCUT2D eigenvalue weighted by Crippen LogP contribution is -2.29. The fourth-order valence-electron chi connectivity index (χ4n) is 2.11. The molecule has 7 nitrogen and oxygen atoms in total. The van der Waals surface area contributed by atoms with Gasteiger partial charge in [-0.05, 0) is 42.0 Å². The van der Waals surface area contributed by atoms with Gasteiger partial charge in [0.15, 0.2) is 5.82 Å². The van der Waals surface area contributed by atoms with Gasteiger partial charge in [-0.1, -0.05) is 32.3 Å². The summed E-state index contributed by atoms with van der Waals surface area (Å²) in [4.78, 5) is 11.8. The van der Waals surface area contributed by atoms with Crippen molar-refractivity contribution in [2.24, 2.45) is 0 Å². The number of hydrogen-bond acceptors (Lipinski definition) is 4. The Kier molecular flexibility index (Phi) is 5.88. The minimum Gasteiger partial charge on any atom is -0.338 e. The predicted molar refractivity (Wildman–Crippen MR) is 85.1 cm³/mol. The first kappa shape index (κ1) is 15.9. The van der Waals surface area contributed by atoms with E-state index in [9.17, 15) is 4.79 Å². The number of nitrogens with one attached hydrogen (secondary N) is 2. The molecule has 0 unspecified atom stereocenters. The van der Waals surface area contributed by atoms with Crippen LogP contribution < -0.4 is 10.6 Å². The molecule has 0 bridgehead atoms. The molecule has 1 aromatic carbocycles. The fraction of sp³-hybridized carbons (Fsp3) is 0.467. The molecule has 7 heteroatoms. The lowest BCUT2D eigenvalue weighted by molar-refractivity contribution is 0.252. The maximum atomic E-state index is 11.8. The SMILES string of the molecule is CCCCCCNC(=O)Nc1cccc(-n2nnnc2C)c1. The lowest BCUT2D eigenvalue weighted by atomic mass is 10.2. The van der Waals surface area contributed by atoms with Gasteiger partial charge in [-0.3, -0.25) is 0 Å². The van der Waals surface area contributed by atoms with Gasteiger partial charge in [0.2, 0.25) is 0 Å². The van der Waals surface area contributed by atoms with Crippen molar-refractivity contribution in [2.75, 3.05) is 11.9 Å². The van der Waals surface area contributed by atoms with E-state index in [2.05, 4.69) is 33.1 Å². The van der Waals surface area contributed by atoms with Gasteiger partial charge in [0.05, 0.1) is 5.69 Å². The Labute approximate surface area is 130 Å². The summed E-state index contributed by atoms with van der Waals surface area (Å²) < 4.78 is 1.62. The smallest absolute Gasteiger partial charge is 0.319 e. The van der Waals surface area contributed by atoms with E-state index in [1.807, 2.05) is 31.2 Å². The Balaban J connectivity index is 1.88. The van der Waals surface area contributed by atoms with Crippen LogP contribution in [-0.2, 0) is 0 Å². The molecule has 2 rings (SSSR count). The molecular formula is C15H22N6O. The number of benzene rings is 1. The lowest BCUT2D eigenvalue weighted by Gasteiger charge is -2.09. The highest BCUT2D eigenvalue weighted by molar-refractivity contribution is 5.89. The number of tetrazole rings is 1. The third kappa shape index (κ3) is 4.54.